The van der Waals surface area contributed by atoms with Crippen LogP contribution < -0.4 is 5.32 Å². The number of hydrogen-bond donors (Lipinski definition) is 1. The fourth-order valence-electron chi connectivity index (χ4n) is 1.53. The molecule has 0 fully saturated rings. The number of aromatic nitrogens is 2. The summed E-state index contributed by atoms with van der Waals surface area (Å²) >= 11 is 5.90. The van der Waals surface area contributed by atoms with Crippen molar-refractivity contribution in [3.8, 4) is 0 Å². The van der Waals surface area contributed by atoms with Crippen molar-refractivity contribution in [1.29, 1.82) is 0 Å². The lowest BCUT2D eigenvalue weighted by Crippen LogP contribution is -2.16. The summed E-state index contributed by atoms with van der Waals surface area (Å²) in [6.07, 6.45) is 0.924. The van der Waals surface area contributed by atoms with E-state index in [9.17, 15) is 0 Å². The number of rotatable bonds is 5. The van der Waals surface area contributed by atoms with Gasteiger partial charge in [-0.2, -0.15) is 0 Å². The third-order valence-corrected chi connectivity index (χ3v) is 2.56. The van der Waals surface area contributed by atoms with E-state index in [0.29, 0.717) is 18.3 Å². The van der Waals surface area contributed by atoms with Crippen LogP contribution in [0.5, 0.6) is 0 Å². The third-order valence-electron chi connectivity index (χ3n) is 2.32. The van der Waals surface area contributed by atoms with Gasteiger partial charge in [0.25, 0.3) is 0 Å². The molecule has 2 aromatic rings. The number of nitrogens with zero attached hydrogens (tertiary/aromatic N) is 2. The molecular formula is C12H14ClN3O. The fourth-order valence-corrected chi connectivity index (χ4v) is 1.74. The molecule has 1 heterocycles. The van der Waals surface area contributed by atoms with Gasteiger partial charge >= 0.3 is 0 Å². The standard InChI is InChI=1S/C12H14ClN3O/c1-9-15-16-12(17-9)8-14-6-5-10-3-2-4-11(13)7-10/h2-4,7,14H,5-6,8H2,1H3. The Bertz CT molecular complexity index is 484. The lowest BCUT2D eigenvalue weighted by molar-refractivity contribution is 0.448. The minimum Gasteiger partial charge on any atom is -0.424 e. The summed E-state index contributed by atoms with van der Waals surface area (Å²) in [6.45, 7) is 3.23. The normalized spacial score (nSPS) is 10.7. The molecule has 1 N–H and O–H groups in total. The molecule has 0 radical (unpaired) electrons. The molecule has 0 aliphatic rings. The van der Waals surface area contributed by atoms with Gasteiger partial charge in [-0.1, -0.05) is 23.7 Å². The Morgan fingerprint density at radius 3 is 2.94 bits per heavy atom. The van der Waals surface area contributed by atoms with E-state index < -0.39 is 0 Å². The van der Waals surface area contributed by atoms with Crippen molar-refractivity contribution in [2.24, 2.45) is 0 Å². The van der Waals surface area contributed by atoms with Gasteiger partial charge in [-0.3, -0.25) is 0 Å². The van der Waals surface area contributed by atoms with E-state index in [0.717, 1.165) is 18.0 Å². The predicted molar refractivity (Wildman–Crippen MR) is 65.9 cm³/mol. The van der Waals surface area contributed by atoms with Crippen LogP contribution in [0.1, 0.15) is 17.3 Å². The van der Waals surface area contributed by atoms with Crippen LogP contribution in [0.15, 0.2) is 28.7 Å². The predicted octanol–water partition coefficient (Wildman–Crippen LogP) is 2.36. The Kier molecular flexibility index (Phi) is 4.12. The van der Waals surface area contributed by atoms with E-state index >= 15 is 0 Å². The van der Waals surface area contributed by atoms with E-state index in [-0.39, 0.29) is 0 Å². The maximum atomic E-state index is 5.90. The molecular weight excluding hydrogens is 238 g/mol. The van der Waals surface area contributed by atoms with E-state index in [2.05, 4.69) is 21.6 Å². The Hall–Kier alpha value is -1.39. The molecule has 0 saturated heterocycles. The van der Waals surface area contributed by atoms with Crippen LogP contribution in [0, 0.1) is 6.92 Å². The zero-order valence-corrected chi connectivity index (χ0v) is 10.4. The van der Waals surface area contributed by atoms with Gasteiger partial charge in [0.2, 0.25) is 11.8 Å². The second-order valence-electron chi connectivity index (χ2n) is 3.77. The van der Waals surface area contributed by atoms with E-state index in [1.165, 1.54) is 5.56 Å². The number of nitrogens with one attached hydrogen (secondary N) is 1. The fraction of sp³-hybridized carbons (Fsp3) is 0.333. The first-order chi connectivity index (χ1) is 8.24. The molecule has 90 valence electrons. The zero-order valence-electron chi connectivity index (χ0n) is 9.61. The molecule has 0 bridgehead atoms. The number of aryl methyl sites for hydroxylation is 1. The van der Waals surface area contributed by atoms with Gasteiger partial charge in [-0.25, -0.2) is 0 Å². The molecule has 0 aliphatic heterocycles. The van der Waals surface area contributed by atoms with Gasteiger partial charge < -0.3 is 9.73 Å². The zero-order chi connectivity index (χ0) is 12.1. The molecule has 0 aliphatic carbocycles. The van der Waals surface area contributed by atoms with Crippen LogP contribution in [0.3, 0.4) is 0 Å². The second kappa shape index (κ2) is 5.80. The Morgan fingerprint density at radius 2 is 2.24 bits per heavy atom. The van der Waals surface area contributed by atoms with Crippen molar-refractivity contribution in [2.75, 3.05) is 6.54 Å². The second-order valence-corrected chi connectivity index (χ2v) is 4.21. The summed E-state index contributed by atoms with van der Waals surface area (Å²) in [5.41, 5.74) is 1.21. The smallest absolute Gasteiger partial charge is 0.230 e. The number of hydrogen-bond acceptors (Lipinski definition) is 4. The average Bonchev–Trinajstić information content (AvgIpc) is 2.71. The van der Waals surface area contributed by atoms with Crippen molar-refractivity contribution in [3.63, 3.8) is 0 Å². The quantitative estimate of drug-likeness (QED) is 0.829. The summed E-state index contributed by atoms with van der Waals surface area (Å²) in [7, 11) is 0. The highest BCUT2D eigenvalue weighted by atomic mass is 35.5. The van der Waals surface area contributed by atoms with Crippen LogP contribution in [-0.4, -0.2) is 16.7 Å². The van der Waals surface area contributed by atoms with Crippen LogP contribution in [0.25, 0.3) is 0 Å². The molecule has 4 nitrogen and oxygen atoms in total. The molecule has 2 rings (SSSR count). The van der Waals surface area contributed by atoms with Crippen molar-refractivity contribution in [2.45, 2.75) is 19.9 Å². The van der Waals surface area contributed by atoms with Gasteiger partial charge in [0, 0.05) is 11.9 Å². The Balaban J connectivity index is 1.73. The third kappa shape index (κ3) is 3.84. The first kappa shape index (κ1) is 12.1. The molecule has 1 aromatic heterocycles. The van der Waals surface area contributed by atoms with E-state index in [4.69, 9.17) is 16.0 Å². The van der Waals surface area contributed by atoms with Crippen LogP contribution >= 0.6 is 11.6 Å². The summed E-state index contributed by atoms with van der Waals surface area (Å²) in [5, 5.41) is 11.7. The monoisotopic (exact) mass is 251 g/mol. The average molecular weight is 252 g/mol. The van der Waals surface area contributed by atoms with Crippen molar-refractivity contribution in [1.82, 2.24) is 15.5 Å². The molecule has 5 heteroatoms. The number of halogens is 1. The summed E-state index contributed by atoms with van der Waals surface area (Å²) in [4.78, 5) is 0. The molecule has 1 aromatic carbocycles. The van der Waals surface area contributed by atoms with Crippen LogP contribution in [0.2, 0.25) is 5.02 Å². The first-order valence-corrected chi connectivity index (χ1v) is 5.86. The minimum absolute atomic E-state index is 0.594. The number of benzene rings is 1. The highest BCUT2D eigenvalue weighted by molar-refractivity contribution is 6.30. The molecule has 0 atom stereocenters. The topological polar surface area (TPSA) is 51.0 Å². The lowest BCUT2D eigenvalue weighted by Gasteiger charge is -2.02. The first-order valence-electron chi connectivity index (χ1n) is 5.48. The lowest BCUT2D eigenvalue weighted by atomic mass is 10.1. The van der Waals surface area contributed by atoms with Gasteiger partial charge in [0.15, 0.2) is 0 Å². The minimum atomic E-state index is 0.594. The summed E-state index contributed by atoms with van der Waals surface area (Å²) < 4.78 is 5.25. The van der Waals surface area contributed by atoms with Gasteiger partial charge in [-0.05, 0) is 30.7 Å². The van der Waals surface area contributed by atoms with Gasteiger partial charge in [0.1, 0.15) is 0 Å². The molecule has 0 saturated carbocycles. The van der Waals surface area contributed by atoms with Crippen LogP contribution in [0.4, 0.5) is 0 Å². The molecule has 0 spiro atoms. The molecule has 0 unspecified atom stereocenters. The van der Waals surface area contributed by atoms with Crippen molar-refractivity contribution < 1.29 is 4.42 Å². The van der Waals surface area contributed by atoms with Crippen LogP contribution in [-0.2, 0) is 13.0 Å². The van der Waals surface area contributed by atoms with Gasteiger partial charge in [-0.15, -0.1) is 10.2 Å². The largest absolute Gasteiger partial charge is 0.424 e. The Labute approximate surface area is 105 Å². The summed E-state index contributed by atoms with van der Waals surface area (Å²) in [5.74, 6) is 1.21. The van der Waals surface area contributed by atoms with E-state index in [1.807, 2.05) is 18.2 Å². The maximum absolute atomic E-state index is 5.90. The van der Waals surface area contributed by atoms with Crippen molar-refractivity contribution >= 4 is 11.6 Å². The van der Waals surface area contributed by atoms with Crippen molar-refractivity contribution in [3.05, 3.63) is 46.6 Å². The Morgan fingerprint density at radius 1 is 1.35 bits per heavy atom. The highest BCUT2D eigenvalue weighted by Crippen LogP contribution is 2.10. The highest BCUT2D eigenvalue weighted by Gasteiger charge is 2.01. The SMILES string of the molecule is Cc1nnc(CNCCc2cccc(Cl)c2)o1. The molecule has 17 heavy (non-hydrogen) atoms. The molecule has 0 amide bonds. The maximum Gasteiger partial charge on any atom is 0.230 e. The summed E-state index contributed by atoms with van der Waals surface area (Å²) in [6, 6.07) is 7.86. The van der Waals surface area contributed by atoms with Gasteiger partial charge in [0.05, 0.1) is 6.54 Å². The van der Waals surface area contributed by atoms with E-state index in [1.54, 1.807) is 6.92 Å².